The van der Waals surface area contributed by atoms with Gasteiger partial charge >= 0.3 is 5.97 Å². The zero-order chi connectivity index (χ0) is 19.4. The second-order valence-corrected chi connectivity index (χ2v) is 6.44. The Morgan fingerprint density at radius 3 is 2.52 bits per heavy atom. The summed E-state index contributed by atoms with van der Waals surface area (Å²) in [6.45, 7) is 4.26. The van der Waals surface area contributed by atoms with Crippen LogP contribution in [0.15, 0.2) is 59.8 Å². The highest BCUT2D eigenvalue weighted by Crippen LogP contribution is 2.20. The van der Waals surface area contributed by atoms with Crippen LogP contribution in [0.2, 0.25) is 5.02 Å². The molecule has 2 N–H and O–H groups in total. The number of carbonyl (C=O) groups excluding carboxylic acids is 1. The first kappa shape index (κ1) is 18.7. The summed E-state index contributed by atoms with van der Waals surface area (Å²) in [6.07, 6.45) is 0. The van der Waals surface area contributed by atoms with Gasteiger partial charge in [0, 0.05) is 5.56 Å². The normalized spacial score (nSPS) is 11.4. The van der Waals surface area contributed by atoms with Gasteiger partial charge in [-0.3, -0.25) is 4.68 Å². The van der Waals surface area contributed by atoms with Gasteiger partial charge in [0.05, 0.1) is 28.5 Å². The van der Waals surface area contributed by atoms with Gasteiger partial charge in [-0.1, -0.05) is 59.2 Å². The minimum atomic E-state index is -0.581. The predicted octanol–water partition coefficient (Wildman–Crippen LogP) is 3.68. The van der Waals surface area contributed by atoms with Crippen molar-refractivity contribution in [2.24, 2.45) is 10.9 Å². The van der Waals surface area contributed by atoms with Crippen molar-refractivity contribution in [2.75, 3.05) is 0 Å². The third-order valence-corrected chi connectivity index (χ3v) is 4.63. The Morgan fingerprint density at radius 1 is 1.15 bits per heavy atom. The molecule has 6 nitrogen and oxygen atoms in total. The standard InChI is InChI=1S/C20H19ClN4O2/c1-13-18(21)14(2)25(23-13)12-15-7-6-10-17(11-15)20(26)27-24-19(22)16-8-4-3-5-9-16/h3-11H,12H2,1-2H3,(H2,22,24). The molecule has 0 fully saturated rings. The van der Waals surface area contributed by atoms with Crippen LogP contribution in [0.1, 0.15) is 32.9 Å². The Hall–Kier alpha value is -3.12. The molecule has 0 bridgehead atoms. The molecule has 0 spiro atoms. The van der Waals surface area contributed by atoms with Crippen molar-refractivity contribution in [1.82, 2.24) is 9.78 Å². The van der Waals surface area contributed by atoms with Gasteiger partial charge in [0.25, 0.3) is 0 Å². The van der Waals surface area contributed by atoms with E-state index in [1.54, 1.807) is 35.0 Å². The van der Waals surface area contributed by atoms with Crippen LogP contribution in [0.25, 0.3) is 0 Å². The maximum atomic E-state index is 12.3. The van der Waals surface area contributed by atoms with Crippen molar-refractivity contribution >= 4 is 23.4 Å². The Kier molecular flexibility index (Phi) is 5.57. The lowest BCUT2D eigenvalue weighted by molar-refractivity contribution is 0.0516. The summed E-state index contributed by atoms with van der Waals surface area (Å²) < 4.78 is 1.80. The monoisotopic (exact) mass is 382 g/mol. The number of nitrogens with two attached hydrogens (primary N) is 1. The van der Waals surface area contributed by atoms with Crippen LogP contribution >= 0.6 is 11.6 Å². The number of rotatable bonds is 5. The number of benzene rings is 2. The fraction of sp³-hybridized carbons (Fsp3) is 0.150. The average Bonchev–Trinajstić information content (AvgIpc) is 2.93. The molecule has 138 valence electrons. The summed E-state index contributed by atoms with van der Waals surface area (Å²) in [7, 11) is 0. The second kappa shape index (κ2) is 8.05. The number of aryl methyl sites for hydroxylation is 1. The number of oxime groups is 1. The molecule has 0 atom stereocenters. The van der Waals surface area contributed by atoms with Crippen molar-refractivity contribution in [3.63, 3.8) is 0 Å². The van der Waals surface area contributed by atoms with Crippen molar-refractivity contribution in [1.29, 1.82) is 0 Å². The first-order chi connectivity index (χ1) is 13.0. The Morgan fingerprint density at radius 2 is 1.85 bits per heavy atom. The Labute approximate surface area is 162 Å². The molecule has 3 aromatic rings. The van der Waals surface area contributed by atoms with Gasteiger partial charge in [-0.05, 0) is 31.5 Å². The highest BCUT2D eigenvalue weighted by molar-refractivity contribution is 6.31. The van der Waals surface area contributed by atoms with Gasteiger partial charge in [-0.25, -0.2) is 4.79 Å². The van der Waals surface area contributed by atoms with E-state index in [9.17, 15) is 4.79 Å². The fourth-order valence-corrected chi connectivity index (χ4v) is 2.74. The van der Waals surface area contributed by atoms with Crippen LogP contribution in [0.4, 0.5) is 0 Å². The van der Waals surface area contributed by atoms with Crippen LogP contribution in [0.5, 0.6) is 0 Å². The smallest absolute Gasteiger partial charge is 0.365 e. The lowest BCUT2D eigenvalue weighted by atomic mass is 10.1. The molecule has 0 aliphatic rings. The van der Waals surface area contributed by atoms with Crippen LogP contribution in [-0.2, 0) is 11.4 Å². The molecule has 2 aromatic carbocycles. The van der Waals surface area contributed by atoms with Crippen molar-refractivity contribution < 1.29 is 9.63 Å². The van der Waals surface area contributed by atoms with Gasteiger partial charge in [0.15, 0.2) is 5.84 Å². The second-order valence-electron chi connectivity index (χ2n) is 6.06. The molecule has 0 radical (unpaired) electrons. The summed E-state index contributed by atoms with van der Waals surface area (Å²) >= 11 is 6.18. The molecule has 7 heteroatoms. The van der Waals surface area contributed by atoms with E-state index in [-0.39, 0.29) is 5.84 Å². The molecule has 0 saturated heterocycles. The maximum absolute atomic E-state index is 12.3. The van der Waals surface area contributed by atoms with Crippen molar-refractivity contribution in [2.45, 2.75) is 20.4 Å². The molecule has 1 aromatic heterocycles. The summed E-state index contributed by atoms with van der Waals surface area (Å²) in [5.41, 5.74) is 9.44. The maximum Gasteiger partial charge on any atom is 0.365 e. The lowest BCUT2D eigenvalue weighted by Crippen LogP contribution is -2.15. The molecule has 0 amide bonds. The molecule has 0 aliphatic heterocycles. The number of amidine groups is 1. The van der Waals surface area contributed by atoms with E-state index in [0.29, 0.717) is 22.7 Å². The van der Waals surface area contributed by atoms with Crippen molar-refractivity contribution in [3.8, 4) is 0 Å². The average molecular weight is 383 g/mol. The summed E-state index contributed by atoms with van der Waals surface area (Å²) in [5, 5.41) is 8.78. The minimum Gasteiger partial charge on any atom is -0.380 e. The molecular formula is C20H19ClN4O2. The summed E-state index contributed by atoms with van der Waals surface area (Å²) in [6, 6.07) is 16.2. The molecule has 27 heavy (non-hydrogen) atoms. The van der Waals surface area contributed by atoms with Gasteiger partial charge in [-0.15, -0.1) is 0 Å². The van der Waals surface area contributed by atoms with Gasteiger partial charge in [0.2, 0.25) is 0 Å². The van der Waals surface area contributed by atoms with Gasteiger partial charge in [-0.2, -0.15) is 5.10 Å². The highest BCUT2D eigenvalue weighted by Gasteiger charge is 2.12. The molecule has 3 rings (SSSR count). The van der Waals surface area contributed by atoms with Gasteiger partial charge < -0.3 is 10.6 Å². The van der Waals surface area contributed by atoms with Crippen molar-refractivity contribution in [3.05, 3.63) is 87.7 Å². The fourth-order valence-electron chi connectivity index (χ4n) is 2.60. The molecule has 1 heterocycles. The van der Waals surface area contributed by atoms with E-state index < -0.39 is 5.97 Å². The first-order valence-electron chi connectivity index (χ1n) is 8.34. The quantitative estimate of drug-likeness (QED) is 0.316. The topological polar surface area (TPSA) is 82.5 Å². The van der Waals surface area contributed by atoms with E-state index in [1.807, 2.05) is 38.1 Å². The van der Waals surface area contributed by atoms with Crippen LogP contribution in [0.3, 0.4) is 0 Å². The van der Waals surface area contributed by atoms with Crippen LogP contribution < -0.4 is 5.73 Å². The summed E-state index contributed by atoms with van der Waals surface area (Å²) in [5.74, 6) is -0.445. The van der Waals surface area contributed by atoms with E-state index >= 15 is 0 Å². The highest BCUT2D eigenvalue weighted by atomic mass is 35.5. The first-order valence-corrected chi connectivity index (χ1v) is 8.72. The van der Waals surface area contributed by atoms with Gasteiger partial charge in [0.1, 0.15) is 0 Å². The van der Waals surface area contributed by atoms with Crippen LogP contribution in [0, 0.1) is 13.8 Å². The number of halogens is 1. The minimum absolute atomic E-state index is 0.136. The number of hydrogen-bond acceptors (Lipinski definition) is 4. The van der Waals surface area contributed by atoms with E-state index in [2.05, 4.69) is 10.3 Å². The van der Waals surface area contributed by atoms with E-state index in [0.717, 1.165) is 17.0 Å². The Balaban J connectivity index is 1.73. The number of nitrogens with zero attached hydrogens (tertiary/aromatic N) is 3. The van der Waals surface area contributed by atoms with E-state index in [1.165, 1.54) is 0 Å². The SMILES string of the molecule is Cc1nn(Cc2cccc(C(=O)O/N=C(\N)c3ccccc3)c2)c(C)c1Cl. The summed E-state index contributed by atoms with van der Waals surface area (Å²) in [4.78, 5) is 17.3. The third kappa shape index (κ3) is 4.35. The third-order valence-electron chi connectivity index (χ3n) is 4.08. The molecular weight excluding hydrogens is 364 g/mol. The zero-order valence-electron chi connectivity index (χ0n) is 15.0. The zero-order valence-corrected chi connectivity index (χ0v) is 15.8. The number of carbonyl (C=O) groups is 1. The van der Waals surface area contributed by atoms with Crippen LogP contribution in [-0.4, -0.2) is 21.6 Å². The molecule has 0 aliphatic carbocycles. The number of hydrogen-bond donors (Lipinski definition) is 1. The predicted molar refractivity (Wildman–Crippen MR) is 105 cm³/mol. The molecule has 0 saturated carbocycles. The Bertz CT molecular complexity index is 996. The largest absolute Gasteiger partial charge is 0.380 e. The number of aromatic nitrogens is 2. The van der Waals surface area contributed by atoms with E-state index in [4.69, 9.17) is 22.2 Å². The lowest BCUT2D eigenvalue weighted by Gasteiger charge is -2.06. The molecule has 0 unspecified atom stereocenters.